The van der Waals surface area contributed by atoms with E-state index in [4.69, 9.17) is 4.74 Å². The van der Waals surface area contributed by atoms with Crippen LogP contribution in [0.3, 0.4) is 0 Å². The van der Waals surface area contributed by atoms with Gasteiger partial charge in [-0.05, 0) is 47.5 Å². The molecule has 1 unspecified atom stereocenters. The van der Waals surface area contributed by atoms with Crippen LogP contribution in [-0.2, 0) is 14.4 Å². The number of para-hydroxylation sites is 1. The third-order valence-corrected chi connectivity index (χ3v) is 6.67. The number of aromatic nitrogens is 1. The zero-order chi connectivity index (χ0) is 30.1. The van der Waals surface area contributed by atoms with Crippen LogP contribution in [0.25, 0.3) is 10.8 Å². The van der Waals surface area contributed by atoms with Gasteiger partial charge in [-0.3, -0.25) is 24.0 Å². The molecule has 0 aliphatic rings. The third kappa shape index (κ3) is 7.28. The number of amides is 2. The van der Waals surface area contributed by atoms with Gasteiger partial charge in [-0.25, -0.2) is 0 Å². The highest BCUT2D eigenvalue weighted by Gasteiger charge is 2.29. The molecule has 0 spiro atoms. The molecule has 0 radical (unpaired) electrons. The number of carboxylic acid groups (broad SMARTS) is 1. The Morgan fingerprint density at radius 3 is 2.36 bits per heavy atom. The Morgan fingerprint density at radius 2 is 1.62 bits per heavy atom. The molecule has 0 aliphatic carbocycles. The van der Waals surface area contributed by atoms with E-state index >= 15 is 0 Å². The lowest BCUT2D eigenvalue weighted by molar-refractivity contribution is -0.140. The Labute approximate surface area is 241 Å². The van der Waals surface area contributed by atoms with Crippen molar-refractivity contribution in [1.29, 1.82) is 0 Å². The van der Waals surface area contributed by atoms with Crippen LogP contribution in [0, 0.1) is 0 Å². The van der Waals surface area contributed by atoms with Crippen molar-refractivity contribution >= 4 is 40.0 Å². The average molecular weight is 570 g/mol. The maximum atomic E-state index is 13.5. The van der Waals surface area contributed by atoms with Crippen molar-refractivity contribution in [2.75, 3.05) is 11.9 Å². The molecule has 10 heteroatoms. The molecule has 0 saturated heterocycles. The molecule has 4 rings (SSSR count). The SMILES string of the molecule is CCCC(C(=O)N[C@@H](CC(=O)O)C(=O)COc1ccccc1)n1cccc(NC(=O)c2cccc3ccccc23)c1=O. The number of ether oxygens (including phenoxy) is 1. The standard InChI is InChI=1S/C32H31N3O7/c1-2-10-27(31(40)34-26(19-29(37)38)28(36)20-42-22-13-4-3-5-14-22)35-18-9-17-25(32(35)41)33-30(39)24-16-8-12-21-11-6-7-15-23(21)24/h3-9,11-18,26-27H,2,10,19-20H2,1H3,(H,33,39)(H,34,40)(H,37,38)/t26-,27?/m0/s1. The van der Waals surface area contributed by atoms with Gasteiger partial charge < -0.3 is 25.0 Å². The summed E-state index contributed by atoms with van der Waals surface area (Å²) in [6, 6.07) is 21.7. The Bertz CT molecular complexity index is 1640. The second kappa shape index (κ2) is 13.9. The van der Waals surface area contributed by atoms with Crippen LogP contribution < -0.4 is 20.9 Å². The molecule has 3 N–H and O–H groups in total. The van der Waals surface area contributed by atoms with Crippen LogP contribution in [0.1, 0.15) is 42.6 Å². The molecule has 0 bridgehead atoms. The van der Waals surface area contributed by atoms with Crippen molar-refractivity contribution in [3.05, 3.63) is 107 Å². The Balaban J connectivity index is 1.54. The van der Waals surface area contributed by atoms with Crippen molar-refractivity contribution in [3.63, 3.8) is 0 Å². The molecule has 1 heterocycles. The average Bonchev–Trinajstić information content (AvgIpc) is 2.99. The van der Waals surface area contributed by atoms with Crippen molar-refractivity contribution in [2.45, 2.75) is 38.3 Å². The molecule has 0 saturated carbocycles. The van der Waals surface area contributed by atoms with Gasteiger partial charge in [0.2, 0.25) is 5.91 Å². The molecule has 42 heavy (non-hydrogen) atoms. The van der Waals surface area contributed by atoms with E-state index < -0.39 is 54.2 Å². The van der Waals surface area contributed by atoms with E-state index in [2.05, 4.69) is 10.6 Å². The zero-order valence-electron chi connectivity index (χ0n) is 23.0. The number of rotatable bonds is 13. The van der Waals surface area contributed by atoms with Gasteiger partial charge in [-0.2, -0.15) is 0 Å². The molecule has 216 valence electrons. The molecule has 0 aliphatic heterocycles. The van der Waals surface area contributed by atoms with E-state index in [1.165, 1.54) is 22.9 Å². The minimum absolute atomic E-state index is 0.0289. The maximum absolute atomic E-state index is 13.5. The normalized spacial score (nSPS) is 12.2. The number of carbonyl (C=O) groups excluding carboxylic acids is 3. The van der Waals surface area contributed by atoms with Gasteiger partial charge in [-0.15, -0.1) is 0 Å². The van der Waals surface area contributed by atoms with Crippen LogP contribution in [0.15, 0.2) is 95.9 Å². The van der Waals surface area contributed by atoms with Crippen molar-refractivity contribution in [1.82, 2.24) is 9.88 Å². The summed E-state index contributed by atoms with van der Waals surface area (Å²) in [6.45, 7) is 1.38. The topological polar surface area (TPSA) is 144 Å². The first kappa shape index (κ1) is 29.7. The summed E-state index contributed by atoms with van der Waals surface area (Å²) in [4.78, 5) is 64.4. The molecular formula is C32H31N3O7. The Morgan fingerprint density at radius 1 is 0.905 bits per heavy atom. The van der Waals surface area contributed by atoms with Gasteiger partial charge in [-0.1, -0.05) is 67.9 Å². The van der Waals surface area contributed by atoms with E-state index in [9.17, 15) is 29.1 Å². The highest BCUT2D eigenvalue weighted by molar-refractivity contribution is 6.12. The summed E-state index contributed by atoms with van der Waals surface area (Å²) in [7, 11) is 0. The summed E-state index contributed by atoms with van der Waals surface area (Å²) in [5.74, 6) is -2.67. The summed E-state index contributed by atoms with van der Waals surface area (Å²) < 4.78 is 6.63. The number of fused-ring (bicyclic) bond motifs is 1. The Kier molecular flexibility index (Phi) is 9.83. The molecular weight excluding hydrogens is 538 g/mol. The maximum Gasteiger partial charge on any atom is 0.305 e. The number of nitrogens with zero attached hydrogens (tertiary/aromatic N) is 1. The lowest BCUT2D eigenvalue weighted by atomic mass is 10.0. The summed E-state index contributed by atoms with van der Waals surface area (Å²) in [5, 5.41) is 16.1. The Hall–Kier alpha value is -5.25. The fourth-order valence-electron chi connectivity index (χ4n) is 4.59. The summed E-state index contributed by atoms with van der Waals surface area (Å²) >= 11 is 0. The van der Waals surface area contributed by atoms with Crippen molar-refractivity contribution in [3.8, 4) is 5.75 Å². The van der Waals surface area contributed by atoms with E-state index in [-0.39, 0.29) is 12.1 Å². The third-order valence-electron chi connectivity index (χ3n) is 6.67. The molecule has 3 aromatic carbocycles. The largest absolute Gasteiger partial charge is 0.486 e. The number of hydrogen-bond acceptors (Lipinski definition) is 6. The number of hydrogen-bond donors (Lipinski definition) is 3. The smallest absolute Gasteiger partial charge is 0.305 e. The predicted octanol–water partition coefficient (Wildman–Crippen LogP) is 4.20. The van der Waals surface area contributed by atoms with E-state index in [0.29, 0.717) is 17.7 Å². The lowest BCUT2D eigenvalue weighted by Crippen LogP contribution is -2.48. The number of carbonyl (C=O) groups is 4. The van der Waals surface area contributed by atoms with Crippen LogP contribution in [0.4, 0.5) is 5.69 Å². The number of carboxylic acids is 1. The number of benzene rings is 3. The van der Waals surface area contributed by atoms with Crippen LogP contribution >= 0.6 is 0 Å². The first-order valence-corrected chi connectivity index (χ1v) is 13.5. The number of ketones is 1. The summed E-state index contributed by atoms with van der Waals surface area (Å²) in [5.41, 5.74) is -0.259. The van der Waals surface area contributed by atoms with Crippen LogP contribution in [0.5, 0.6) is 5.75 Å². The summed E-state index contributed by atoms with van der Waals surface area (Å²) in [6.07, 6.45) is 1.49. The monoisotopic (exact) mass is 569 g/mol. The number of Topliss-reactive ketones (excluding diaryl/α,β-unsaturated/α-hetero) is 1. The number of pyridine rings is 1. The zero-order valence-corrected chi connectivity index (χ0v) is 23.0. The minimum Gasteiger partial charge on any atom is -0.486 e. The first-order chi connectivity index (χ1) is 20.3. The second-order valence-corrected chi connectivity index (χ2v) is 9.65. The van der Waals surface area contributed by atoms with Gasteiger partial charge in [0.25, 0.3) is 11.5 Å². The quantitative estimate of drug-likeness (QED) is 0.219. The second-order valence-electron chi connectivity index (χ2n) is 9.65. The number of anilines is 1. The minimum atomic E-state index is -1.37. The van der Waals surface area contributed by atoms with Gasteiger partial charge in [0.15, 0.2) is 5.78 Å². The molecule has 0 fully saturated rings. The van der Waals surface area contributed by atoms with Crippen molar-refractivity contribution < 1.29 is 29.0 Å². The first-order valence-electron chi connectivity index (χ1n) is 13.5. The van der Waals surface area contributed by atoms with E-state index in [0.717, 1.165) is 10.8 Å². The van der Waals surface area contributed by atoms with Crippen molar-refractivity contribution in [2.24, 2.45) is 0 Å². The molecule has 2 amide bonds. The predicted molar refractivity (Wildman–Crippen MR) is 158 cm³/mol. The fraction of sp³-hybridized carbons (Fsp3) is 0.219. The van der Waals surface area contributed by atoms with E-state index in [1.54, 1.807) is 42.5 Å². The molecule has 2 atom stereocenters. The van der Waals surface area contributed by atoms with E-state index in [1.807, 2.05) is 37.3 Å². The van der Waals surface area contributed by atoms with Crippen LogP contribution in [0.2, 0.25) is 0 Å². The van der Waals surface area contributed by atoms with Gasteiger partial charge in [0.05, 0.1) is 6.42 Å². The fourth-order valence-corrected chi connectivity index (χ4v) is 4.59. The molecule has 4 aromatic rings. The molecule has 1 aromatic heterocycles. The molecule has 10 nitrogen and oxygen atoms in total. The number of aliphatic carboxylic acids is 1. The highest BCUT2D eigenvalue weighted by Crippen LogP contribution is 2.20. The number of nitrogens with one attached hydrogen (secondary N) is 2. The van der Waals surface area contributed by atoms with Crippen LogP contribution in [-0.4, -0.2) is 45.9 Å². The lowest BCUT2D eigenvalue weighted by Gasteiger charge is -2.23. The highest BCUT2D eigenvalue weighted by atomic mass is 16.5. The van der Waals surface area contributed by atoms with Gasteiger partial charge >= 0.3 is 5.97 Å². The van der Waals surface area contributed by atoms with Gasteiger partial charge in [0, 0.05) is 11.8 Å². The van der Waals surface area contributed by atoms with Gasteiger partial charge in [0.1, 0.15) is 30.1 Å².